The van der Waals surface area contributed by atoms with Gasteiger partial charge in [-0.1, -0.05) is 18.2 Å². The minimum Gasteiger partial charge on any atom is -0.366 e. The molecule has 0 saturated carbocycles. The van der Waals surface area contributed by atoms with Crippen molar-refractivity contribution in [2.24, 2.45) is 5.73 Å². The summed E-state index contributed by atoms with van der Waals surface area (Å²) in [6.45, 7) is 1.61. The molecule has 1 unspecified atom stereocenters. The van der Waals surface area contributed by atoms with Gasteiger partial charge in [-0.15, -0.1) is 0 Å². The Morgan fingerprint density at radius 3 is 2.71 bits per heavy atom. The summed E-state index contributed by atoms with van der Waals surface area (Å²) in [5, 5.41) is 10.8. The van der Waals surface area contributed by atoms with Crippen molar-refractivity contribution < 1.29 is 9.59 Å². The quantitative estimate of drug-likeness (QED) is 0.740. The Labute approximate surface area is 99.2 Å². The second-order valence-electron chi connectivity index (χ2n) is 3.55. The van der Waals surface area contributed by atoms with Gasteiger partial charge >= 0.3 is 0 Å². The Balaban J connectivity index is 2.96. The first kappa shape index (κ1) is 12.7. The van der Waals surface area contributed by atoms with Gasteiger partial charge in [0.2, 0.25) is 11.8 Å². The zero-order valence-corrected chi connectivity index (χ0v) is 9.43. The van der Waals surface area contributed by atoms with Gasteiger partial charge in [0.25, 0.3) is 0 Å². The molecule has 1 aromatic rings. The second kappa shape index (κ2) is 5.66. The number of benzene rings is 1. The summed E-state index contributed by atoms with van der Waals surface area (Å²) >= 11 is 0. The smallest absolute Gasteiger partial charge is 0.249 e. The molecule has 5 heteroatoms. The van der Waals surface area contributed by atoms with Crippen LogP contribution in [-0.2, 0) is 4.79 Å². The first-order chi connectivity index (χ1) is 8.07. The van der Waals surface area contributed by atoms with E-state index < -0.39 is 11.8 Å². The maximum absolute atomic E-state index is 11.7. The fourth-order valence-corrected chi connectivity index (χ4v) is 1.52. The molecule has 0 radical (unpaired) electrons. The Hall–Kier alpha value is -2.35. The van der Waals surface area contributed by atoms with Gasteiger partial charge in [-0.3, -0.25) is 9.59 Å². The van der Waals surface area contributed by atoms with E-state index in [1.807, 2.05) is 6.07 Å². The number of primary amides is 1. The van der Waals surface area contributed by atoms with Gasteiger partial charge in [-0.05, 0) is 18.6 Å². The summed E-state index contributed by atoms with van der Waals surface area (Å²) in [5.74, 6) is -1.40. The van der Waals surface area contributed by atoms with Crippen LogP contribution in [0.3, 0.4) is 0 Å². The number of hydrogen-bond acceptors (Lipinski definition) is 3. The van der Waals surface area contributed by atoms with Crippen LogP contribution in [-0.4, -0.2) is 18.4 Å². The maximum atomic E-state index is 11.7. The predicted molar refractivity (Wildman–Crippen MR) is 62.0 cm³/mol. The lowest BCUT2D eigenvalue weighted by Crippen LogP contribution is -2.29. The molecule has 5 nitrogen and oxygen atoms in total. The molecule has 0 saturated heterocycles. The lowest BCUT2D eigenvalue weighted by molar-refractivity contribution is -0.121. The molecule has 1 aromatic carbocycles. The Kier molecular flexibility index (Phi) is 4.23. The van der Waals surface area contributed by atoms with Crippen LogP contribution in [0.15, 0.2) is 24.3 Å². The van der Waals surface area contributed by atoms with Gasteiger partial charge in [0, 0.05) is 5.56 Å². The SMILES string of the molecule is CC(C(=O)NCC#N)c1ccccc1C(N)=O. The highest BCUT2D eigenvalue weighted by Gasteiger charge is 2.19. The van der Waals surface area contributed by atoms with Crippen molar-refractivity contribution >= 4 is 11.8 Å². The normalized spacial score (nSPS) is 11.3. The van der Waals surface area contributed by atoms with Crippen molar-refractivity contribution in [3.8, 4) is 6.07 Å². The Morgan fingerprint density at radius 2 is 2.12 bits per heavy atom. The standard InChI is InChI=1S/C12H13N3O2/c1-8(12(17)15-7-6-13)9-4-2-3-5-10(9)11(14)16/h2-5,8H,7H2,1H3,(H2,14,16)(H,15,17). The molecular weight excluding hydrogens is 218 g/mol. The molecule has 88 valence electrons. The number of nitrogens with two attached hydrogens (primary N) is 1. The predicted octanol–water partition coefficient (Wildman–Crippen LogP) is 0.529. The number of rotatable bonds is 4. The summed E-state index contributed by atoms with van der Waals surface area (Å²) in [6, 6.07) is 8.49. The maximum Gasteiger partial charge on any atom is 0.249 e. The molecule has 0 fully saturated rings. The monoisotopic (exact) mass is 231 g/mol. The number of nitrogens with zero attached hydrogens (tertiary/aromatic N) is 1. The minimum atomic E-state index is -0.569. The van der Waals surface area contributed by atoms with Crippen LogP contribution in [0.1, 0.15) is 28.8 Å². The summed E-state index contributed by atoms with van der Waals surface area (Å²) < 4.78 is 0. The highest BCUT2D eigenvalue weighted by Crippen LogP contribution is 2.19. The molecule has 1 atom stereocenters. The van der Waals surface area contributed by atoms with E-state index in [0.29, 0.717) is 11.1 Å². The fraction of sp³-hybridized carbons (Fsp3) is 0.250. The van der Waals surface area contributed by atoms with Gasteiger partial charge in [0.15, 0.2) is 0 Å². The van der Waals surface area contributed by atoms with Crippen LogP contribution in [0.4, 0.5) is 0 Å². The van der Waals surface area contributed by atoms with Crippen LogP contribution in [0.2, 0.25) is 0 Å². The third-order valence-electron chi connectivity index (χ3n) is 2.43. The van der Waals surface area contributed by atoms with Gasteiger partial charge < -0.3 is 11.1 Å². The van der Waals surface area contributed by atoms with Crippen molar-refractivity contribution in [1.29, 1.82) is 5.26 Å². The highest BCUT2D eigenvalue weighted by atomic mass is 16.2. The van der Waals surface area contributed by atoms with Gasteiger partial charge in [-0.2, -0.15) is 5.26 Å². The first-order valence-electron chi connectivity index (χ1n) is 5.11. The molecular formula is C12H13N3O2. The summed E-state index contributed by atoms with van der Waals surface area (Å²) in [5.41, 5.74) is 6.12. The fourth-order valence-electron chi connectivity index (χ4n) is 1.52. The van der Waals surface area contributed by atoms with E-state index in [1.165, 1.54) is 0 Å². The molecule has 0 bridgehead atoms. The average Bonchev–Trinajstić information content (AvgIpc) is 2.34. The van der Waals surface area contributed by atoms with E-state index >= 15 is 0 Å². The largest absolute Gasteiger partial charge is 0.366 e. The van der Waals surface area contributed by atoms with E-state index in [9.17, 15) is 9.59 Å². The van der Waals surface area contributed by atoms with Crippen molar-refractivity contribution in [1.82, 2.24) is 5.32 Å². The van der Waals surface area contributed by atoms with Crippen LogP contribution >= 0.6 is 0 Å². The minimum absolute atomic E-state index is 0.0537. The molecule has 1 rings (SSSR count). The van der Waals surface area contributed by atoms with Crippen LogP contribution < -0.4 is 11.1 Å². The lowest BCUT2D eigenvalue weighted by atomic mass is 9.94. The zero-order chi connectivity index (χ0) is 12.8. The van der Waals surface area contributed by atoms with Crippen LogP contribution in [0, 0.1) is 11.3 Å². The Bertz CT molecular complexity index is 477. The second-order valence-corrected chi connectivity index (χ2v) is 3.55. The summed E-state index contributed by atoms with van der Waals surface area (Å²) in [4.78, 5) is 22.9. The summed E-state index contributed by atoms with van der Waals surface area (Å²) in [6.07, 6.45) is 0. The molecule has 0 aliphatic carbocycles. The van der Waals surface area contributed by atoms with E-state index in [0.717, 1.165) is 0 Å². The van der Waals surface area contributed by atoms with E-state index in [-0.39, 0.29) is 12.5 Å². The van der Waals surface area contributed by atoms with Gasteiger partial charge in [0.05, 0.1) is 12.0 Å². The number of carbonyl (C=O) groups excluding carboxylic acids is 2. The number of nitriles is 1. The molecule has 17 heavy (non-hydrogen) atoms. The van der Waals surface area contributed by atoms with Crippen LogP contribution in [0.5, 0.6) is 0 Å². The molecule has 3 N–H and O–H groups in total. The average molecular weight is 231 g/mol. The third kappa shape index (κ3) is 3.05. The van der Waals surface area contributed by atoms with Crippen molar-refractivity contribution in [3.63, 3.8) is 0 Å². The Morgan fingerprint density at radius 1 is 1.47 bits per heavy atom. The first-order valence-corrected chi connectivity index (χ1v) is 5.11. The molecule has 0 aromatic heterocycles. The van der Waals surface area contributed by atoms with Gasteiger partial charge in [-0.25, -0.2) is 0 Å². The number of amides is 2. The number of carbonyl (C=O) groups is 2. The van der Waals surface area contributed by atoms with Crippen molar-refractivity contribution in [2.75, 3.05) is 6.54 Å². The molecule has 0 spiro atoms. The third-order valence-corrected chi connectivity index (χ3v) is 2.43. The van der Waals surface area contributed by atoms with Crippen molar-refractivity contribution in [3.05, 3.63) is 35.4 Å². The van der Waals surface area contributed by atoms with Crippen molar-refractivity contribution in [2.45, 2.75) is 12.8 Å². The number of nitrogens with one attached hydrogen (secondary N) is 1. The zero-order valence-electron chi connectivity index (χ0n) is 9.43. The molecule has 0 aliphatic rings. The molecule has 2 amide bonds. The van der Waals surface area contributed by atoms with E-state index in [2.05, 4.69) is 5.32 Å². The van der Waals surface area contributed by atoms with E-state index in [1.54, 1.807) is 31.2 Å². The molecule has 0 aliphatic heterocycles. The highest BCUT2D eigenvalue weighted by molar-refractivity contribution is 5.96. The summed E-state index contributed by atoms with van der Waals surface area (Å²) in [7, 11) is 0. The number of hydrogen-bond donors (Lipinski definition) is 2. The van der Waals surface area contributed by atoms with Gasteiger partial charge in [0.1, 0.15) is 6.54 Å². The molecule has 0 heterocycles. The van der Waals surface area contributed by atoms with E-state index in [4.69, 9.17) is 11.0 Å². The van der Waals surface area contributed by atoms with Crippen LogP contribution in [0.25, 0.3) is 0 Å². The lowest BCUT2D eigenvalue weighted by Gasteiger charge is -2.13. The topological polar surface area (TPSA) is 96.0 Å².